The molecule has 1 heterocycles. The molecule has 0 bridgehead atoms. The van der Waals surface area contributed by atoms with Gasteiger partial charge < -0.3 is 14.6 Å². The third kappa shape index (κ3) is 2.74. The minimum atomic E-state index is -0.171. The minimum Gasteiger partial charge on any atom is -0.492 e. The van der Waals surface area contributed by atoms with Crippen molar-refractivity contribution < 1.29 is 14.6 Å². The molecular formula is C13H17N3O3. The lowest BCUT2D eigenvalue weighted by Crippen LogP contribution is -2.07. The molecule has 2 rings (SSSR count). The van der Waals surface area contributed by atoms with Crippen molar-refractivity contribution in [1.82, 2.24) is 15.0 Å². The minimum absolute atomic E-state index is 0.171. The molecule has 0 fully saturated rings. The van der Waals surface area contributed by atoms with Gasteiger partial charge in [-0.2, -0.15) is 0 Å². The molecule has 0 spiro atoms. The van der Waals surface area contributed by atoms with Crippen molar-refractivity contribution in [1.29, 1.82) is 0 Å². The number of aliphatic hydroxyl groups is 1. The van der Waals surface area contributed by atoms with E-state index in [1.54, 1.807) is 11.8 Å². The van der Waals surface area contributed by atoms with E-state index in [4.69, 9.17) is 9.47 Å². The number of rotatable bonds is 6. The van der Waals surface area contributed by atoms with E-state index in [2.05, 4.69) is 10.3 Å². The van der Waals surface area contributed by atoms with Crippen LogP contribution in [0.25, 0.3) is 5.69 Å². The van der Waals surface area contributed by atoms with Crippen molar-refractivity contribution in [2.45, 2.75) is 20.1 Å². The summed E-state index contributed by atoms with van der Waals surface area (Å²) in [6.07, 6.45) is 0. The second kappa shape index (κ2) is 6.31. The molecule has 0 unspecified atom stereocenters. The highest BCUT2D eigenvalue weighted by Crippen LogP contribution is 2.24. The third-order valence-electron chi connectivity index (χ3n) is 2.67. The quantitative estimate of drug-likeness (QED) is 0.850. The van der Waals surface area contributed by atoms with Crippen LogP contribution in [0.3, 0.4) is 0 Å². The first-order valence-electron chi connectivity index (χ1n) is 6.07. The Kier molecular flexibility index (Phi) is 4.48. The first-order chi connectivity index (χ1) is 9.31. The van der Waals surface area contributed by atoms with Gasteiger partial charge in [-0.05, 0) is 19.1 Å². The Bertz CT molecular complexity index is 540. The van der Waals surface area contributed by atoms with Crippen LogP contribution in [0.1, 0.15) is 18.3 Å². The fourth-order valence-corrected chi connectivity index (χ4v) is 1.84. The Hall–Kier alpha value is -1.92. The lowest BCUT2D eigenvalue weighted by atomic mass is 10.2. The number of ether oxygens (including phenoxy) is 2. The monoisotopic (exact) mass is 263 g/mol. The predicted octanol–water partition coefficient (Wildman–Crippen LogP) is 1.30. The van der Waals surface area contributed by atoms with Gasteiger partial charge in [-0.1, -0.05) is 17.3 Å². The molecule has 0 amide bonds. The molecule has 102 valence electrons. The summed E-state index contributed by atoms with van der Waals surface area (Å²) in [5.41, 5.74) is 2.01. The molecular weight excluding hydrogens is 246 g/mol. The number of aliphatic hydroxyl groups excluding tert-OH is 1. The lowest BCUT2D eigenvalue weighted by Gasteiger charge is -2.11. The van der Waals surface area contributed by atoms with Gasteiger partial charge in [-0.25, -0.2) is 4.68 Å². The topological polar surface area (TPSA) is 69.4 Å². The van der Waals surface area contributed by atoms with Crippen molar-refractivity contribution in [2.75, 3.05) is 13.7 Å². The second-order valence-electron chi connectivity index (χ2n) is 3.89. The lowest BCUT2D eigenvalue weighted by molar-refractivity contribution is 0.175. The second-order valence-corrected chi connectivity index (χ2v) is 3.89. The molecule has 1 aromatic heterocycles. The maximum Gasteiger partial charge on any atom is 0.145 e. The molecule has 6 nitrogen and oxygen atoms in total. The Balaban J connectivity index is 2.49. The SMILES string of the molecule is CCOc1ccccc1-n1nnc(CO)c1COC. The van der Waals surface area contributed by atoms with Gasteiger partial charge in [0.25, 0.3) is 0 Å². The van der Waals surface area contributed by atoms with Gasteiger partial charge in [0.2, 0.25) is 0 Å². The predicted molar refractivity (Wildman–Crippen MR) is 69.2 cm³/mol. The maximum atomic E-state index is 9.28. The van der Waals surface area contributed by atoms with Gasteiger partial charge in [-0.3, -0.25) is 0 Å². The van der Waals surface area contributed by atoms with Gasteiger partial charge in [-0.15, -0.1) is 5.10 Å². The molecule has 0 aliphatic carbocycles. The molecule has 0 aliphatic heterocycles. The van der Waals surface area contributed by atoms with Gasteiger partial charge in [0.15, 0.2) is 0 Å². The molecule has 0 saturated heterocycles. The highest BCUT2D eigenvalue weighted by Gasteiger charge is 2.16. The normalized spacial score (nSPS) is 10.7. The molecule has 0 radical (unpaired) electrons. The van der Waals surface area contributed by atoms with E-state index >= 15 is 0 Å². The molecule has 0 aliphatic rings. The van der Waals surface area contributed by atoms with Crippen LogP contribution < -0.4 is 4.74 Å². The van der Waals surface area contributed by atoms with Gasteiger partial charge in [0.1, 0.15) is 17.1 Å². The molecule has 1 N–H and O–H groups in total. The number of aromatic nitrogens is 3. The molecule has 0 saturated carbocycles. The average molecular weight is 263 g/mol. The smallest absolute Gasteiger partial charge is 0.145 e. The highest BCUT2D eigenvalue weighted by molar-refractivity contribution is 5.47. The van der Waals surface area contributed by atoms with E-state index in [0.29, 0.717) is 18.9 Å². The molecule has 1 aromatic carbocycles. The number of benzene rings is 1. The van der Waals surface area contributed by atoms with Crippen LogP contribution in [0.4, 0.5) is 0 Å². The zero-order valence-corrected chi connectivity index (χ0v) is 11.0. The summed E-state index contributed by atoms with van der Waals surface area (Å²) in [6.45, 7) is 2.64. The summed E-state index contributed by atoms with van der Waals surface area (Å²) >= 11 is 0. The van der Waals surface area contributed by atoms with Crippen LogP contribution in [0.2, 0.25) is 0 Å². The van der Waals surface area contributed by atoms with Crippen molar-refractivity contribution >= 4 is 0 Å². The molecule has 19 heavy (non-hydrogen) atoms. The summed E-state index contributed by atoms with van der Waals surface area (Å²) in [7, 11) is 1.59. The summed E-state index contributed by atoms with van der Waals surface area (Å²) in [5, 5.41) is 17.3. The Morgan fingerprint density at radius 3 is 2.79 bits per heavy atom. The van der Waals surface area contributed by atoms with Gasteiger partial charge in [0.05, 0.1) is 25.5 Å². The van der Waals surface area contributed by atoms with E-state index in [9.17, 15) is 5.11 Å². The first-order valence-corrected chi connectivity index (χ1v) is 6.07. The van der Waals surface area contributed by atoms with Crippen LogP contribution in [-0.2, 0) is 18.0 Å². The zero-order valence-electron chi connectivity index (χ0n) is 11.0. The highest BCUT2D eigenvalue weighted by atomic mass is 16.5. The van der Waals surface area contributed by atoms with Gasteiger partial charge in [0, 0.05) is 7.11 Å². The summed E-state index contributed by atoms with van der Waals surface area (Å²) in [5.74, 6) is 0.719. The van der Waals surface area contributed by atoms with Crippen LogP contribution >= 0.6 is 0 Å². The number of hydrogen-bond donors (Lipinski definition) is 1. The summed E-state index contributed by atoms with van der Waals surface area (Å²) in [6, 6.07) is 7.55. The van der Waals surface area contributed by atoms with Crippen molar-refractivity contribution in [2.24, 2.45) is 0 Å². The Labute approximate surface area is 111 Å². The number of hydrogen-bond acceptors (Lipinski definition) is 5. The Morgan fingerprint density at radius 2 is 2.11 bits per heavy atom. The average Bonchev–Trinajstić information content (AvgIpc) is 2.83. The maximum absolute atomic E-state index is 9.28. The summed E-state index contributed by atoms with van der Waals surface area (Å²) < 4.78 is 12.4. The molecule has 2 aromatic rings. The number of nitrogens with zero attached hydrogens (tertiary/aromatic N) is 3. The number of methoxy groups -OCH3 is 1. The van der Waals surface area contributed by atoms with E-state index in [1.165, 1.54) is 0 Å². The molecule has 0 atom stereocenters. The van der Waals surface area contributed by atoms with Crippen LogP contribution in [0, 0.1) is 0 Å². The van der Waals surface area contributed by atoms with Crippen molar-refractivity contribution in [3.05, 3.63) is 35.7 Å². The van der Waals surface area contributed by atoms with Gasteiger partial charge >= 0.3 is 0 Å². The third-order valence-corrected chi connectivity index (χ3v) is 2.67. The van der Waals surface area contributed by atoms with E-state index in [1.807, 2.05) is 31.2 Å². The van der Waals surface area contributed by atoms with Crippen LogP contribution in [0.5, 0.6) is 5.75 Å². The van der Waals surface area contributed by atoms with Crippen molar-refractivity contribution in [3.8, 4) is 11.4 Å². The standard InChI is InChI=1S/C13H17N3O3/c1-3-19-13-7-5-4-6-11(13)16-12(9-18-2)10(8-17)14-15-16/h4-7,17H,3,8-9H2,1-2H3. The Morgan fingerprint density at radius 1 is 1.32 bits per heavy atom. The first kappa shape index (κ1) is 13.5. The van der Waals surface area contributed by atoms with E-state index < -0.39 is 0 Å². The number of para-hydroxylation sites is 2. The molecule has 6 heteroatoms. The summed E-state index contributed by atoms with van der Waals surface area (Å²) in [4.78, 5) is 0. The van der Waals surface area contributed by atoms with E-state index in [-0.39, 0.29) is 6.61 Å². The van der Waals surface area contributed by atoms with Crippen LogP contribution in [-0.4, -0.2) is 33.8 Å². The largest absolute Gasteiger partial charge is 0.492 e. The van der Waals surface area contributed by atoms with Crippen molar-refractivity contribution in [3.63, 3.8) is 0 Å². The fraction of sp³-hybridized carbons (Fsp3) is 0.385. The van der Waals surface area contributed by atoms with Crippen LogP contribution in [0.15, 0.2) is 24.3 Å². The zero-order chi connectivity index (χ0) is 13.7. The van der Waals surface area contributed by atoms with E-state index in [0.717, 1.165) is 17.1 Å². The fourth-order valence-electron chi connectivity index (χ4n) is 1.84.